The molecule has 2 aromatic carbocycles. The van der Waals surface area contributed by atoms with E-state index < -0.39 is 10.0 Å². The van der Waals surface area contributed by atoms with Gasteiger partial charge in [0.15, 0.2) is 0 Å². The molecule has 0 saturated carbocycles. The van der Waals surface area contributed by atoms with Gasteiger partial charge in [-0.25, -0.2) is 8.42 Å². The number of piperidine rings is 1. The molecule has 1 amide bonds. The van der Waals surface area contributed by atoms with E-state index in [1.165, 1.54) is 23.5 Å². The minimum absolute atomic E-state index is 0.0313. The third kappa shape index (κ3) is 4.99. The number of carbonyl (C=O) groups is 1. The van der Waals surface area contributed by atoms with Gasteiger partial charge in [-0.3, -0.25) is 4.79 Å². The van der Waals surface area contributed by atoms with Gasteiger partial charge in [0, 0.05) is 29.2 Å². The normalized spacial score (nSPS) is 17.7. The van der Waals surface area contributed by atoms with Crippen LogP contribution in [-0.2, 0) is 16.6 Å². The monoisotopic (exact) mass is 480 g/mol. The van der Waals surface area contributed by atoms with Crippen molar-refractivity contribution in [2.45, 2.75) is 43.7 Å². The molecule has 0 aromatic heterocycles. The van der Waals surface area contributed by atoms with Crippen molar-refractivity contribution in [2.24, 2.45) is 0 Å². The van der Waals surface area contributed by atoms with Crippen LogP contribution in [0.25, 0.3) is 0 Å². The van der Waals surface area contributed by atoms with Crippen LogP contribution in [0.3, 0.4) is 0 Å². The second-order valence-electron chi connectivity index (χ2n) is 7.14. The molecule has 0 aliphatic carbocycles. The second-order valence-corrected chi connectivity index (χ2v) is 9.91. The summed E-state index contributed by atoms with van der Waals surface area (Å²) >= 11 is 3.41. The predicted octanol–water partition coefficient (Wildman–Crippen LogP) is 3.95. The number of carbonyl (C=O) groups excluding carboxylic acids is 1. The van der Waals surface area contributed by atoms with Crippen LogP contribution in [0.5, 0.6) is 5.75 Å². The van der Waals surface area contributed by atoms with E-state index in [0.29, 0.717) is 13.1 Å². The van der Waals surface area contributed by atoms with E-state index in [0.717, 1.165) is 29.3 Å². The van der Waals surface area contributed by atoms with Gasteiger partial charge in [0.25, 0.3) is 5.91 Å². The number of halogens is 1. The highest BCUT2D eigenvalue weighted by Gasteiger charge is 2.33. The van der Waals surface area contributed by atoms with Gasteiger partial charge in [0.1, 0.15) is 10.6 Å². The first-order valence-electron chi connectivity index (χ1n) is 9.55. The summed E-state index contributed by atoms with van der Waals surface area (Å²) in [7, 11) is -2.33. The van der Waals surface area contributed by atoms with E-state index in [4.69, 9.17) is 4.74 Å². The van der Waals surface area contributed by atoms with Crippen LogP contribution in [0, 0.1) is 0 Å². The average Bonchev–Trinajstić information content (AvgIpc) is 2.71. The summed E-state index contributed by atoms with van der Waals surface area (Å²) < 4.78 is 34.3. The first kappa shape index (κ1) is 21.8. The average molecular weight is 481 g/mol. The number of amides is 1. The van der Waals surface area contributed by atoms with E-state index in [2.05, 4.69) is 21.2 Å². The van der Waals surface area contributed by atoms with Gasteiger partial charge in [-0.05, 0) is 55.7 Å². The molecular formula is C21H25BrN2O4S. The van der Waals surface area contributed by atoms with Crippen molar-refractivity contribution in [2.75, 3.05) is 13.7 Å². The third-order valence-corrected chi connectivity index (χ3v) is 7.62. The molecule has 0 bridgehead atoms. The lowest BCUT2D eigenvalue weighted by molar-refractivity contribution is 0.0950. The lowest BCUT2D eigenvalue weighted by atomic mass is 10.1. The molecule has 3 rings (SSSR count). The number of nitrogens with zero attached hydrogens (tertiary/aromatic N) is 1. The zero-order valence-corrected chi connectivity index (χ0v) is 18.9. The van der Waals surface area contributed by atoms with Crippen LogP contribution in [0.2, 0.25) is 0 Å². The highest BCUT2D eigenvalue weighted by molar-refractivity contribution is 9.10. The van der Waals surface area contributed by atoms with Gasteiger partial charge in [-0.15, -0.1) is 0 Å². The van der Waals surface area contributed by atoms with Crippen LogP contribution in [0.4, 0.5) is 0 Å². The summed E-state index contributed by atoms with van der Waals surface area (Å²) in [6.07, 6.45) is 2.68. The maximum atomic E-state index is 13.3. The minimum atomic E-state index is -3.76. The van der Waals surface area contributed by atoms with Crippen LogP contribution in [-0.4, -0.2) is 38.3 Å². The number of hydrogen-bond acceptors (Lipinski definition) is 4. The fourth-order valence-electron chi connectivity index (χ4n) is 3.51. The Labute approximate surface area is 180 Å². The van der Waals surface area contributed by atoms with E-state index in [1.807, 2.05) is 31.2 Å². The Hall–Kier alpha value is -1.90. The van der Waals surface area contributed by atoms with Gasteiger partial charge in [0.2, 0.25) is 10.0 Å². The molecule has 1 aliphatic rings. The number of methoxy groups -OCH3 is 1. The number of nitrogens with one attached hydrogen (secondary N) is 1. The second kappa shape index (κ2) is 9.28. The van der Waals surface area contributed by atoms with Crippen LogP contribution >= 0.6 is 15.9 Å². The molecule has 1 N–H and O–H groups in total. The quantitative estimate of drug-likeness (QED) is 0.678. The lowest BCUT2D eigenvalue weighted by Gasteiger charge is -2.32. The molecule has 2 aromatic rings. The third-order valence-electron chi connectivity index (χ3n) is 5.10. The topological polar surface area (TPSA) is 75.7 Å². The molecule has 0 spiro atoms. The van der Waals surface area contributed by atoms with E-state index in [9.17, 15) is 13.2 Å². The summed E-state index contributed by atoms with van der Waals surface area (Å²) in [4.78, 5) is 12.7. The van der Waals surface area contributed by atoms with Crippen molar-refractivity contribution in [3.05, 3.63) is 58.1 Å². The van der Waals surface area contributed by atoms with Gasteiger partial charge in [-0.2, -0.15) is 4.31 Å². The van der Waals surface area contributed by atoms with Crippen molar-refractivity contribution in [1.82, 2.24) is 9.62 Å². The van der Waals surface area contributed by atoms with Crippen molar-refractivity contribution < 1.29 is 17.9 Å². The number of benzene rings is 2. The molecular weight excluding hydrogens is 456 g/mol. The zero-order chi connectivity index (χ0) is 21.0. The Kier molecular flexibility index (Phi) is 6.97. The Morgan fingerprint density at radius 2 is 2.03 bits per heavy atom. The SMILES string of the molecule is COc1ccc(C(=O)NCc2cccc(Br)c2)cc1S(=O)(=O)N1CCCCC1C. The van der Waals surface area contributed by atoms with E-state index in [1.54, 1.807) is 6.07 Å². The highest BCUT2D eigenvalue weighted by atomic mass is 79.9. The molecule has 1 fully saturated rings. The first-order chi connectivity index (χ1) is 13.8. The standard InChI is InChI=1S/C21H25BrN2O4S/c1-15-6-3-4-11-24(15)29(26,27)20-13-17(9-10-19(20)28-2)21(25)23-14-16-7-5-8-18(22)12-16/h5,7-10,12-13,15H,3-4,6,11,14H2,1-2H3,(H,23,25). The van der Waals surface area contributed by atoms with Crippen molar-refractivity contribution in [3.63, 3.8) is 0 Å². The summed E-state index contributed by atoms with van der Waals surface area (Å²) in [6.45, 7) is 2.74. The molecule has 6 nitrogen and oxygen atoms in total. The smallest absolute Gasteiger partial charge is 0.251 e. The van der Waals surface area contributed by atoms with Crippen molar-refractivity contribution in [1.29, 1.82) is 0 Å². The molecule has 1 saturated heterocycles. The highest BCUT2D eigenvalue weighted by Crippen LogP contribution is 2.31. The number of sulfonamides is 1. The fraction of sp³-hybridized carbons (Fsp3) is 0.381. The van der Waals surface area contributed by atoms with Crippen molar-refractivity contribution in [3.8, 4) is 5.75 Å². The molecule has 1 aliphatic heterocycles. The largest absolute Gasteiger partial charge is 0.495 e. The van der Waals surface area contributed by atoms with Crippen LogP contribution < -0.4 is 10.1 Å². The molecule has 1 unspecified atom stereocenters. The molecule has 8 heteroatoms. The van der Waals surface area contributed by atoms with Crippen LogP contribution in [0.1, 0.15) is 42.1 Å². The Bertz CT molecular complexity index is 994. The first-order valence-corrected chi connectivity index (χ1v) is 11.8. The van der Waals surface area contributed by atoms with Gasteiger partial charge < -0.3 is 10.1 Å². The maximum Gasteiger partial charge on any atom is 0.251 e. The van der Waals surface area contributed by atoms with Gasteiger partial charge in [-0.1, -0.05) is 34.5 Å². The molecule has 1 atom stereocenters. The number of rotatable bonds is 6. The van der Waals surface area contributed by atoms with Crippen LogP contribution in [0.15, 0.2) is 51.8 Å². The molecule has 29 heavy (non-hydrogen) atoms. The van der Waals surface area contributed by atoms with Gasteiger partial charge >= 0.3 is 0 Å². The maximum absolute atomic E-state index is 13.3. The number of ether oxygens (including phenoxy) is 1. The molecule has 156 valence electrons. The van der Waals surface area contributed by atoms with E-state index in [-0.39, 0.29) is 28.2 Å². The lowest BCUT2D eigenvalue weighted by Crippen LogP contribution is -2.42. The molecule has 0 radical (unpaired) electrons. The number of hydrogen-bond donors (Lipinski definition) is 1. The summed E-state index contributed by atoms with van der Waals surface area (Å²) in [6, 6.07) is 12.1. The molecule has 1 heterocycles. The Balaban J connectivity index is 1.85. The zero-order valence-electron chi connectivity index (χ0n) is 16.5. The Morgan fingerprint density at radius 1 is 1.24 bits per heavy atom. The summed E-state index contributed by atoms with van der Waals surface area (Å²) in [5.41, 5.74) is 1.22. The van der Waals surface area contributed by atoms with Gasteiger partial charge in [0.05, 0.1) is 7.11 Å². The van der Waals surface area contributed by atoms with E-state index >= 15 is 0 Å². The Morgan fingerprint density at radius 3 is 2.72 bits per heavy atom. The fourth-order valence-corrected chi connectivity index (χ4v) is 5.84. The predicted molar refractivity (Wildman–Crippen MR) is 116 cm³/mol. The van der Waals surface area contributed by atoms with Crippen molar-refractivity contribution >= 4 is 31.9 Å². The summed E-state index contributed by atoms with van der Waals surface area (Å²) in [5.74, 6) is -0.0953. The minimum Gasteiger partial charge on any atom is -0.495 e. The summed E-state index contributed by atoms with van der Waals surface area (Å²) in [5, 5.41) is 2.84.